The van der Waals surface area contributed by atoms with E-state index in [1.54, 1.807) is 38.1 Å². The first-order valence-corrected chi connectivity index (χ1v) is 8.89. The summed E-state index contributed by atoms with van der Waals surface area (Å²) in [6.45, 7) is 4.69. The highest BCUT2D eigenvalue weighted by Gasteiger charge is 2.28. The van der Waals surface area contributed by atoms with Gasteiger partial charge in [0.1, 0.15) is 0 Å². The number of nitrogens with one attached hydrogen (secondary N) is 2. The molecule has 2 N–H and O–H groups in total. The fourth-order valence-corrected chi connectivity index (χ4v) is 3.26. The zero-order valence-corrected chi connectivity index (χ0v) is 16.4. The average Bonchev–Trinajstić information content (AvgIpc) is 2.99. The first kappa shape index (κ1) is 20.1. The van der Waals surface area contributed by atoms with Crippen molar-refractivity contribution in [2.75, 3.05) is 7.11 Å². The Kier molecular flexibility index (Phi) is 5.36. The molecule has 0 aliphatic rings. The Bertz CT molecular complexity index is 1190. The van der Waals surface area contributed by atoms with E-state index in [9.17, 15) is 19.2 Å². The summed E-state index contributed by atoms with van der Waals surface area (Å²) >= 11 is 0. The highest BCUT2D eigenvalue weighted by molar-refractivity contribution is 6.07. The van der Waals surface area contributed by atoms with Gasteiger partial charge in [0.15, 0.2) is 6.10 Å². The second-order valence-electron chi connectivity index (χ2n) is 6.62. The maximum atomic E-state index is 12.8. The Hall–Kier alpha value is -3.68. The Morgan fingerprint density at radius 3 is 2.41 bits per heavy atom. The maximum Gasteiger partial charge on any atom is 0.339 e. The first-order valence-electron chi connectivity index (χ1n) is 8.89. The molecule has 29 heavy (non-hydrogen) atoms. The van der Waals surface area contributed by atoms with E-state index in [1.165, 1.54) is 14.0 Å². The van der Waals surface area contributed by atoms with E-state index < -0.39 is 29.4 Å². The number of carbonyl (C=O) groups excluding carboxylic acids is 3. The molecule has 0 aliphatic carbocycles. The molecule has 150 valence electrons. The van der Waals surface area contributed by atoms with E-state index >= 15 is 0 Å². The molecule has 1 aromatic carbocycles. The van der Waals surface area contributed by atoms with E-state index in [-0.39, 0.29) is 16.8 Å². The lowest BCUT2D eigenvalue weighted by molar-refractivity contribution is 0.0318. The Balaban J connectivity index is 1.89. The highest BCUT2D eigenvalue weighted by Crippen LogP contribution is 2.22. The SMILES string of the molecule is COC(=O)c1c(C)[nH]c(C(=O)[C@@H](C)OC(=O)c2cc(=O)[nH]c3ccccc23)c1C. The van der Waals surface area contributed by atoms with Gasteiger partial charge in [0.2, 0.25) is 11.3 Å². The van der Waals surface area contributed by atoms with E-state index in [0.717, 1.165) is 6.07 Å². The van der Waals surface area contributed by atoms with Gasteiger partial charge in [-0.25, -0.2) is 9.59 Å². The van der Waals surface area contributed by atoms with Gasteiger partial charge in [-0.15, -0.1) is 0 Å². The number of aromatic amines is 2. The molecule has 3 aromatic rings. The number of esters is 2. The normalized spacial score (nSPS) is 11.9. The number of para-hydroxylation sites is 1. The van der Waals surface area contributed by atoms with Gasteiger partial charge in [-0.3, -0.25) is 9.59 Å². The number of aryl methyl sites for hydroxylation is 1. The van der Waals surface area contributed by atoms with Crippen molar-refractivity contribution < 1.29 is 23.9 Å². The molecule has 2 aromatic heterocycles. The van der Waals surface area contributed by atoms with Gasteiger partial charge >= 0.3 is 11.9 Å². The van der Waals surface area contributed by atoms with Crippen molar-refractivity contribution in [1.29, 1.82) is 0 Å². The number of Topliss-reactive ketones (excluding diaryl/α,β-unsaturated/α-hetero) is 1. The smallest absolute Gasteiger partial charge is 0.339 e. The van der Waals surface area contributed by atoms with E-state index in [4.69, 9.17) is 9.47 Å². The molecule has 0 unspecified atom stereocenters. The second-order valence-corrected chi connectivity index (χ2v) is 6.62. The lowest BCUT2D eigenvalue weighted by Crippen LogP contribution is -2.26. The first-order chi connectivity index (χ1) is 13.7. The van der Waals surface area contributed by atoms with Crippen LogP contribution in [0.4, 0.5) is 0 Å². The lowest BCUT2D eigenvalue weighted by atomic mass is 10.1. The summed E-state index contributed by atoms with van der Waals surface area (Å²) in [5.41, 5.74) is 1.45. The van der Waals surface area contributed by atoms with Gasteiger partial charge < -0.3 is 19.4 Å². The topological polar surface area (TPSA) is 118 Å². The molecule has 0 spiro atoms. The number of H-pyrrole nitrogens is 2. The van der Waals surface area contributed by atoms with Gasteiger partial charge in [0.05, 0.1) is 23.9 Å². The van der Waals surface area contributed by atoms with Gasteiger partial charge in [-0.1, -0.05) is 18.2 Å². The van der Waals surface area contributed by atoms with Crippen LogP contribution < -0.4 is 5.56 Å². The quantitative estimate of drug-likeness (QED) is 0.506. The van der Waals surface area contributed by atoms with Crippen LogP contribution in [0.1, 0.15) is 49.4 Å². The van der Waals surface area contributed by atoms with E-state index in [2.05, 4.69) is 9.97 Å². The summed E-state index contributed by atoms with van der Waals surface area (Å²) in [5.74, 6) is -1.85. The number of ketones is 1. The van der Waals surface area contributed by atoms with Crippen molar-refractivity contribution >= 4 is 28.6 Å². The molecule has 0 aliphatic heterocycles. The maximum absolute atomic E-state index is 12.8. The van der Waals surface area contributed by atoms with E-state index in [1.807, 2.05) is 0 Å². The number of hydrogen-bond acceptors (Lipinski definition) is 6. The minimum atomic E-state index is -1.14. The zero-order valence-electron chi connectivity index (χ0n) is 16.4. The number of rotatable bonds is 5. The number of aromatic nitrogens is 2. The molecule has 0 saturated carbocycles. The van der Waals surface area contributed by atoms with Gasteiger partial charge in [-0.05, 0) is 32.4 Å². The predicted octanol–water partition coefficient (Wildman–Crippen LogP) is 2.69. The molecular weight excluding hydrogens is 376 g/mol. The van der Waals surface area contributed by atoms with Gasteiger partial charge in [-0.2, -0.15) is 0 Å². The van der Waals surface area contributed by atoms with Crippen LogP contribution in [0.2, 0.25) is 0 Å². The van der Waals surface area contributed by atoms with Crippen LogP contribution in [0.5, 0.6) is 0 Å². The minimum Gasteiger partial charge on any atom is -0.465 e. The number of benzene rings is 1. The summed E-state index contributed by atoms with van der Waals surface area (Å²) in [6.07, 6.45) is -1.14. The lowest BCUT2D eigenvalue weighted by Gasteiger charge is -2.13. The third-order valence-corrected chi connectivity index (χ3v) is 4.70. The Labute approximate surface area is 165 Å². The van der Waals surface area contributed by atoms with Crippen molar-refractivity contribution in [2.24, 2.45) is 0 Å². The van der Waals surface area contributed by atoms with Crippen molar-refractivity contribution in [3.8, 4) is 0 Å². The van der Waals surface area contributed by atoms with Gasteiger partial charge in [0, 0.05) is 22.7 Å². The molecule has 1 atom stereocenters. The van der Waals surface area contributed by atoms with Crippen LogP contribution in [-0.2, 0) is 9.47 Å². The summed E-state index contributed by atoms with van der Waals surface area (Å²) < 4.78 is 10.1. The monoisotopic (exact) mass is 396 g/mol. The number of hydrogen-bond donors (Lipinski definition) is 2. The number of carbonyl (C=O) groups is 3. The van der Waals surface area contributed by atoms with Crippen molar-refractivity contribution in [3.63, 3.8) is 0 Å². The number of fused-ring (bicyclic) bond motifs is 1. The van der Waals surface area contributed by atoms with Crippen LogP contribution >= 0.6 is 0 Å². The molecule has 0 fully saturated rings. The summed E-state index contributed by atoms with van der Waals surface area (Å²) in [4.78, 5) is 54.7. The van der Waals surface area contributed by atoms with Gasteiger partial charge in [0.25, 0.3) is 0 Å². The third-order valence-electron chi connectivity index (χ3n) is 4.70. The molecule has 0 saturated heterocycles. The number of pyridine rings is 1. The second kappa shape index (κ2) is 7.75. The number of methoxy groups -OCH3 is 1. The molecule has 0 amide bonds. The third kappa shape index (κ3) is 3.69. The molecule has 2 heterocycles. The van der Waals surface area contributed by atoms with E-state index in [0.29, 0.717) is 22.2 Å². The molecule has 0 radical (unpaired) electrons. The molecule has 8 nitrogen and oxygen atoms in total. The summed E-state index contributed by atoms with van der Waals surface area (Å²) in [5, 5.41) is 0.511. The Morgan fingerprint density at radius 2 is 1.72 bits per heavy atom. The zero-order chi connectivity index (χ0) is 21.3. The molecular formula is C21H20N2O6. The Morgan fingerprint density at radius 1 is 1.03 bits per heavy atom. The van der Waals surface area contributed by atoms with Crippen molar-refractivity contribution in [3.05, 3.63) is 68.8 Å². The number of ether oxygens (including phenoxy) is 2. The molecule has 8 heteroatoms. The summed E-state index contributed by atoms with van der Waals surface area (Å²) in [6, 6.07) is 7.94. The van der Waals surface area contributed by atoms with Crippen LogP contribution in [0, 0.1) is 13.8 Å². The largest absolute Gasteiger partial charge is 0.465 e. The predicted molar refractivity (Wildman–Crippen MR) is 105 cm³/mol. The van der Waals surface area contributed by atoms with Crippen LogP contribution in [0.25, 0.3) is 10.9 Å². The average molecular weight is 396 g/mol. The summed E-state index contributed by atoms with van der Waals surface area (Å²) in [7, 11) is 1.26. The van der Waals surface area contributed by atoms with Crippen molar-refractivity contribution in [1.82, 2.24) is 9.97 Å². The molecule has 3 rings (SSSR count). The fourth-order valence-electron chi connectivity index (χ4n) is 3.26. The fraction of sp³-hybridized carbons (Fsp3) is 0.238. The standard InChI is InChI=1S/C21H20N2O6/c1-10-17(21(27)28-4)11(2)22-18(10)19(25)12(3)29-20(26)14-9-16(24)23-15-8-6-5-7-13(14)15/h5-9,12,22H,1-4H3,(H,23,24)/t12-/m1/s1. The van der Waals surface area contributed by atoms with Crippen LogP contribution in [-0.4, -0.2) is 40.9 Å². The van der Waals surface area contributed by atoms with Crippen LogP contribution in [0.3, 0.4) is 0 Å². The van der Waals surface area contributed by atoms with Crippen molar-refractivity contribution in [2.45, 2.75) is 26.9 Å². The minimum absolute atomic E-state index is 0.0682. The highest BCUT2D eigenvalue weighted by atomic mass is 16.5. The molecule has 0 bridgehead atoms. The van der Waals surface area contributed by atoms with Crippen LogP contribution in [0.15, 0.2) is 35.1 Å².